The van der Waals surface area contributed by atoms with Gasteiger partial charge in [-0.1, -0.05) is 169 Å². The fourth-order valence-electron chi connectivity index (χ4n) is 7.30. The number of rotatable bonds is 32. The molecule has 1 amide bonds. The first-order valence-electron chi connectivity index (χ1n) is 22.5. The van der Waals surface area contributed by atoms with Gasteiger partial charge in [-0.3, -0.25) is 14.4 Å². The molecule has 0 saturated carbocycles. The van der Waals surface area contributed by atoms with E-state index in [0.717, 1.165) is 56.9 Å². The van der Waals surface area contributed by atoms with E-state index in [1.165, 1.54) is 44.9 Å². The van der Waals surface area contributed by atoms with Gasteiger partial charge in [0.15, 0.2) is 6.10 Å². The molecule has 1 saturated heterocycles. The van der Waals surface area contributed by atoms with Crippen LogP contribution < -0.4 is 11.1 Å². The molecule has 0 aromatic heterocycles. The van der Waals surface area contributed by atoms with E-state index in [2.05, 4.69) is 19.2 Å². The number of nitrogens with one attached hydrogen (secondary N) is 1. The molecule has 2 rings (SSSR count). The van der Waals surface area contributed by atoms with Crippen LogP contribution in [0.1, 0.15) is 161 Å². The highest BCUT2D eigenvalue weighted by atomic mass is 35.6. The highest BCUT2D eigenvalue weighted by molar-refractivity contribution is 6.67. The van der Waals surface area contributed by atoms with Crippen LogP contribution >= 0.6 is 34.8 Å². The molecule has 0 radical (unpaired) electrons. The van der Waals surface area contributed by atoms with Crippen LogP contribution in [0.3, 0.4) is 0 Å². The van der Waals surface area contributed by atoms with Crippen molar-refractivity contribution in [1.29, 1.82) is 0 Å². The van der Waals surface area contributed by atoms with Gasteiger partial charge in [-0.15, -0.1) is 0 Å². The number of unbranched alkanes of at least 4 members (excludes halogenated alkanes) is 14. The number of halogens is 3. The van der Waals surface area contributed by atoms with Crippen molar-refractivity contribution in [2.75, 3.05) is 13.2 Å². The molecule has 0 aliphatic carbocycles. The summed E-state index contributed by atoms with van der Waals surface area (Å²) in [5.74, 6) is -1.68. The first kappa shape index (κ1) is 54.7. The molecule has 0 bridgehead atoms. The number of ether oxygens (including phenoxy) is 5. The monoisotopic (exact) mass is 922 g/mol. The van der Waals surface area contributed by atoms with Crippen LogP contribution in [0, 0.1) is 0 Å². The van der Waals surface area contributed by atoms with Crippen molar-refractivity contribution >= 4 is 58.8 Å². The van der Waals surface area contributed by atoms with Crippen molar-refractivity contribution in [2.24, 2.45) is 5.73 Å². The molecule has 1 aliphatic rings. The predicted molar refractivity (Wildman–Crippen MR) is 237 cm³/mol. The number of aliphatic hydroxyl groups excluding tert-OH is 2. The lowest BCUT2D eigenvalue weighted by Crippen LogP contribution is -2.65. The van der Waals surface area contributed by atoms with Gasteiger partial charge < -0.3 is 44.9 Å². The lowest BCUT2D eigenvalue weighted by atomic mass is 9.89. The Balaban J connectivity index is 2.16. The van der Waals surface area contributed by atoms with Crippen molar-refractivity contribution in [1.82, 2.24) is 5.32 Å². The summed E-state index contributed by atoms with van der Waals surface area (Å²) >= 11 is 17.4. The Hall–Kier alpha value is -2.39. The minimum Gasteiger partial charge on any atom is -0.462 e. The lowest BCUT2D eigenvalue weighted by molar-refractivity contribution is -0.211. The third-order valence-electron chi connectivity index (χ3n) is 10.7. The fraction of sp³-hybridized carbons (Fsp3) is 0.778. The van der Waals surface area contributed by atoms with E-state index >= 15 is 0 Å². The third kappa shape index (κ3) is 25.5. The molecular weight excluding hydrogens is 851 g/mol. The fourth-order valence-corrected chi connectivity index (χ4v) is 7.46. The topological polar surface area (TPSA) is 193 Å². The normalized spacial score (nSPS) is 20.0. The van der Waals surface area contributed by atoms with Crippen LogP contribution in [0.15, 0.2) is 30.3 Å². The number of amides is 1. The first-order valence-corrected chi connectivity index (χ1v) is 23.7. The summed E-state index contributed by atoms with van der Waals surface area (Å²) in [6.07, 6.45) is 10.7. The van der Waals surface area contributed by atoms with Gasteiger partial charge in [-0.05, 0) is 37.7 Å². The summed E-state index contributed by atoms with van der Waals surface area (Å²) in [6, 6.07) is 7.26. The second kappa shape index (κ2) is 32.3. The third-order valence-corrected chi connectivity index (χ3v) is 11.0. The summed E-state index contributed by atoms with van der Waals surface area (Å²) in [5, 5.41) is 24.1. The van der Waals surface area contributed by atoms with Gasteiger partial charge in [0.1, 0.15) is 31.5 Å². The van der Waals surface area contributed by atoms with Gasteiger partial charge in [0.05, 0.1) is 31.6 Å². The van der Waals surface area contributed by atoms with Gasteiger partial charge in [-0.25, -0.2) is 4.79 Å². The highest BCUT2D eigenvalue weighted by Crippen LogP contribution is 2.29. The molecule has 5 N–H and O–H groups in total. The minimum absolute atomic E-state index is 0.0853. The smallest absolute Gasteiger partial charge is 0.407 e. The van der Waals surface area contributed by atoms with E-state index < -0.39 is 77.6 Å². The Morgan fingerprint density at radius 2 is 1.36 bits per heavy atom. The number of alkyl carbamates (subject to hydrolysis) is 1. The lowest BCUT2D eigenvalue weighted by Gasteiger charge is -2.44. The molecule has 61 heavy (non-hydrogen) atoms. The van der Waals surface area contributed by atoms with Crippen LogP contribution in [0.4, 0.5) is 4.79 Å². The first-order chi connectivity index (χ1) is 29.3. The standard InChI is InChI=1S/C45H73Cl3N2O11/c1-3-5-7-9-11-12-14-15-20-24-35(59-38(52)25-21-16-13-10-8-6-4-2)29-40(54)61-43-41(50-44(56)58-32-45(46,47)48)36(60-37(30-51)42(43)55)27-26-34(49)28-39(53)57-31-33-22-18-17-19-23-33/h17-19,22-23,34-37,41-43,51,55H,3-16,20-21,24-32,49H2,1-2H3,(H,50,56)/t34-,35+,36-,37+,41-,42+,43+/m0/s1. The molecule has 350 valence electrons. The Bertz CT molecular complexity index is 1360. The minimum atomic E-state index is -1.93. The van der Waals surface area contributed by atoms with E-state index in [-0.39, 0.29) is 44.7 Å². The van der Waals surface area contributed by atoms with Crippen molar-refractivity contribution in [3.63, 3.8) is 0 Å². The molecule has 0 spiro atoms. The second-order valence-corrected chi connectivity index (χ2v) is 18.7. The van der Waals surface area contributed by atoms with Gasteiger partial charge in [0, 0.05) is 12.5 Å². The van der Waals surface area contributed by atoms with Crippen molar-refractivity contribution in [2.45, 2.75) is 208 Å². The largest absolute Gasteiger partial charge is 0.462 e. The Morgan fingerprint density at radius 1 is 0.770 bits per heavy atom. The van der Waals surface area contributed by atoms with E-state index in [1.54, 1.807) is 0 Å². The van der Waals surface area contributed by atoms with Gasteiger partial charge >= 0.3 is 24.0 Å². The van der Waals surface area contributed by atoms with Crippen LogP contribution in [-0.4, -0.2) is 93.8 Å². The van der Waals surface area contributed by atoms with Crippen LogP contribution in [-0.2, 0) is 44.7 Å². The number of carbonyl (C=O) groups excluding carboxylic acids is 4. The van der Waals surface area contributed by atoms with Gasteiger partial charge in [-0.2, -0.15) is 0 Å². The Labute approximate surface area is 378 Å². The molecule has 1 aliphatic heterocycles. The Morgan fingerprint density at radius 3 is 1.95 bits per heavy atom. The van der Waals surface area contributed by atoms with Gasteiger partial charge in [0.2, 0.25) is 3.79 Å². The quantitative estimate of drug-likeness (QED) is 0.0232. The van der Waals surface area contributed by atoms with Crippen LogP contribution in [0.25, 0.3) is 0 Å². The van der Waals surface area contributed by atoms with E-state index in [9.17, 15) is 29.4 Å². The molecule has 1 fully saturated rings. The van der Waals surface area contributed by atoms with Crippen LogP contribution in [0.5, 0.6) is 0 Å². The van der Waals surface area contributed by atoms with E-state index in [1.807, 2.05) is 30.3 Å². The molecule has 1 aromatic carbocycles. The van der Waals surface area contributed by atoms with Crippen molar-refractivity contribution < 1.29 is 53.1 Å². The number of benzene rings is 1. The highest BCUT2D eigenvalue weighted by Gasteiger charge is 2.48. The zero-order valence-electron chi connectivity index (χ0n) is 36.4. The summed E-state index contributed by atoms with van der Waals surface area (Å²) in [4.78, 5) is 52.4. The van der Waals surface area contributed by atoms with E-state index in [0.29, 0.717) is 12.8 Å². The zero-order chi connectivity index (χ0) is 44.9. The molecule has 7 atom stereocenters. The summed E-state index contributed by atoms with van der Waals surface area (Å²) < 4.78 is 26.3. The summed E-state index contributed by atoms with van der Waals surface area (Å²) in [6.45, 7) is 3.19. The number of aliphatic hydroxyl groups is 2. The summed E-state index contributed by atoms with van der Waals surface area (Å²) in [5.41, 5.74) is 7.14. The average molecular weight is 924 g/mol. The average Bonchev–Trinajstić information content (AvgIpc) is 3.22. The van der Waals surface area contributed by atoms with Crippen molar-refractivity contribution in [3.05, 3.63) is 35.9 Å². The molecule has 0 unspecified atom stereocenters. The Kier molecular flexibility index (Phi) is 29.0. The molecule has 1 heterocycles. The van der Waals surface area contributed by atoms with Gasteiger partial charge in [0.25, 0.3) is 0 Å². The summed E-state index contributed by atoms with van der Waals surface area (Å²) in [7, 11) is 0. The molecule has 13 nitrogen and oxygen atoms in total. The molecular formula is C45H73Cl3N2O11. The maximum atomic E-state index is 13.7. The maximum absolute atomic E-state index is 13.7. The molecule has 1 aromatic rings. The number of alkyl halides is 3. The number of hydrogen-bond donors (Lipinski definition) is 4. The number of nitrogens with two attached hydrogens (primary N) is 1. The second-order valence-electron chi connectivity index (χ2n) is 16.2. The predicted octanol–water partition coefficient (Wildman–Crippen LogP) is 9.09. The van der Waals surface area contributed by atoms with Crippen LogP contribution in [0.2, 0.25) is 0 Å². The zero-order valence-corrected chi connectivity index (χ0v) is 38.7. The maximum Gasteiger partial charge on any atom is 0.407 e. The number of carbonyl (C=O) groups is 4. The number of hydrogen-bond acceptors (Lipinski definition) is 12. The van der Waals surface area contributed by atoms with E-state index in [4.69, 9.17) is 64.2 Å². The van der Waals surface area contributed by atoms with Crippen molar-refractivity contribution in [3.8, 4) is 0 Å². The SMILES string of the molecule is CCCCCCCCCCC[C@H](CC(=O)O[C@H]1[C@H](O)[C@@H](CO)O[C@@H](CC[C@H](N)CC(=O)OCc2ccccc2)[C@@H]1NC(=O)OCC(Cl)(Cl)Cl)OC(=O)CCCCCCCCC. The number of esters is 3. The molecule has 16 heteroatoms.